The summed E-state index contributed by atoms with van der Waals surface area (Å²) in [4.78, 5) is 2.56. The molecule has 1 heterocycles. The Labute approximate surface area is 176 Å². The molecule has 0 spiro atoms. The van der Waals surface area contributed by atoms with Crippen LogP contribution in [0.3, 0.4) is 0 Å². The highest BCUT2D eigenvalue weighted by Crippen LogP contribution is 2.33. The first-order valence-corrected chi connectivity index (χ1v) is 10.4. The van der Waals surface area contributed by atoms with Gasteiger partial charge in [-0.2, -0.15) is 0 Å². The lowest BCUT2D eigenvalue weighted by Crippen LogP contribution is -2.34. The number of nitrogens with one attached hydrogen (secondary N) is 1. The Morgan fingerprint density at radius 3 is 2.39 bits per heavy atom. The number of nitrogens with zero attached hydrogens (tertiary/aromatic N) is 1. The van der Waals surface area contributed by atoms with Crippen LogP contribution in [0.4, 0.5) is 0 Å². The van der Waals surface area contributed by atoms with Crippen molar-refractivity contribution >= 4 is 15.9 Å². The van der Waals surface area contributed by atoms with Gasteiger partial charge in [-0.3, -0.25) is 4.90 Å². The van der Waals surface area contributed by atoms with Gasteiger partial charge in [-0.25, -0.2) is 0 Å². The molecule has 1 fully saturated rings. The van der Waals surface area contributed by atoms with E-state index in [2.05, 4.69) is 44.3 Å². The summed E-state index contributed by atoms with van der Waals surface area (Å²) in [6.07, 6.45) is 2.53. The normalized spacial score (nSPS) is 15.4. The highest BCUT2D eigenvalue weighted by Gasteiger charge is 2.23. The third kappa shape index (κ3) is 4.99. The largest absolute Gasteiger partial charge is 0.497 e. The minimum Gasteiger partial charge on any atom is -0.497 e. The van der Waals surface area contributed by atoms with E-state index in [1.807, 2.05) is 18.2 Å². The first kappa shape index (κ1) is 21.0. The van der Waals surface area contributed by atoms with Gasteiger partial charge in [-0.15, -0.1) is 0 Å². The first-order chi connectivity index (χ1) is 13.7. The summed E-state index contributed by atoms with van der Waals surface area (Å²) in [6, 6.07) is 12.7. The molecule has 0 bridgehead atoms. The van der Waals surface area contributed by atoms with Gasteiger partial charge in [0.25, 0.3) is 0 Å². The van der Waals surface area contributed by atoms with Crippen molar-refractivity contribution in [2.45, 2.75) is 25.4 Å². The van der Waals surface area contributed by atoms with Crippen LogP contribution in [0, 0.1) is 0 Å². The SMILES string of the molecule is COc1cccc(C(CNCc2cc(OC)c(OC)cc2Br)N2CCCC2)c1. The molecular weight excluding hydrogens is 420 g/mol. The van der Waals surface area contributed by atoms with Crippen LogP contribution >= 0.6 is 15.9 Å². The molecule has 0 radical (unpaired) electrons. The van der Waals surface area contributed by atoms with E-state index in [-0.39, 0.29) is 0 Å². The molecule has 1 aliphatic heterocycles. The molecule has 2 aromatic rings. The molecule has 1 N–H and O–H groups in total. The molecule has 1 saturated heterocycles. The maximum Gasteiger partial charge on any atom is 0.161 e. The second kappa shape index (κ2) is 10.1. The lowest BCUT2D eigenvalue weighted by atomic mass is 10.0. The van der Waals surface area contributed by atoms with E-state index >= 15 is 0 Å². The molecule has 5 nitrogen and oxygen atoms in total. The van der Waals surface area contributed by atoms with Gasteiger partial charge in [0.1, 0.15) is 5.75 Å². The first-order valence-electron chi connectivity index (χ1n) is 9.65. The van der Waals surface area contributed by atoms with Gasteiger partial charge in [0.05, 0.1) is 21.3 Å². The molecule has 3 rings (SSSR count). The van der Waals surface area contributed by atoms with Crippen molar-refractivity contribution in [3.8, 4) is 17.2 Å². The number of benzene rings is 2. The molecule has 6 heteroatoms. The summed E-state index contributed by atoms with van der Waals surface area (Å²) in [5.41, 5.74) is 2.43. The fourth-order valence-corrected chi connectivity index (χ4v) is 4.20. The molecule has 0 saturated carbocycles. The van der Waals surface area contributed by atoms with Gasteiger partial charge < -0.3 is 19.5 Å². The molecule has 0 amide bonds. The molecule has 2 aromatic carbocycles. The van der Waals surface area contributed by atoms with Crippen LogP contribution < -0.4 is 19.5 Å². The van der Waals surface area contributed by atoms with E-state index in [4.69, 9.17) is 14.2 Å². The maximum absolute atomic E-state index is 5.44. The van der Waals surface area contributed by atoms with E-state index in [1.165, 1.54) is 18.4 Å². The van der Waals surface area contributed by atoms with Crippen LogP contribution in [0.1, 0.15) is 30.0 Å². The van der Waals surface area contributed by atoms with Gasteiger partial charge in [-0.05, 0) is 61.3 Å². The van der Waals surface area contributed by atoms with Crippen molar-refractivity contribution < 1.29 is 14.2 Å². The molecule has 1 atom stereocenters. The van der Waals surface area contributed by atoms with Crippen LogP contribution in [-0.2, 0) is 6.54 Å². The quantitative estimate of drug-likeness (QED) is 0.615. The average Bonchev–Trinajstić information content (AvgIpc) is 3.26. The van der Waals surface area contributed by atoms with Crippen molar-refractivity contribution in [3.05, 3.63) is 52.0 Å². The number of halogens is 1. The number of ether oxygens (including phenoxy) is 3. The summed E-state index contributed by atoms with van der Waals surface area (Å²) in [5, 5.41) is 3.64. The topological polar surface area (TPSA) is 43.0 Å². The number of rotatable bonds is 9. The Morgan fingerprint density at radius 1 is 1.00 bits per heavy atom. The summed E-state index contributed by atoms with van der Waals surface area (Å²) in [6.45, 7) is 3.90. The summed E-state index contributed by atoms with van der Waals surface area (Å²) in [5.74, 6) is 2.38. The Morgan fingerprint density at radius 2 is 1.71 bits per heavy atom. The molecule has 152 valence electrons. The number of hydrogen-bond donors (Lipinski definition) is 1. The third-order valence-corrected chi connectivity index (χ3v) is 6.00. The van der Waals surface area contributed by atoms with E-state index in [0.29, 0.717) is 6.04 Å². The number of hydrogen-bond acceptors (Lipinski definition) is 5. The van der Waals surface area contributed by atoms with Crippen LogP contribution in [0.15, 0.2) is 40.9 Å². The van der Waals surface area contributed by atoms with Crippen LogP contribution in [0.25, 0.3) is 0 Å². The highest BCUT2D eigenvalue weighted by atomic mass is 79.9. The van der Waals surface area contributed by atoms with Crippen molar-refractivity contribution in [1.29, 1.82) is 0 Å². The second-order valence-corrected chi connectivity index (χ2v) is 7.82. The molecule has 28 heavy (non-hydrogen) atoms. The number of likely N-dealkylation sites (tertiary alicyclic amines) is 1. The Kier molecular flexibility index (Phi) is 7.59. The molecule has 0 aliphatic carbocycles. The molecule has 1 aliphatic rings. The van der Waals surface area contributed by atoms with E-state index in [0.717, 1.165) is 53.5 Å². The Balaban J connectivity index is 1.72. The number of methoxy groups -OCH3 is 3. The zero-order valence-corrected chi connectivity index (χ0v) is 18.4. The molecular formula is C22H29BrN2O3. The van der Waals surface area contributed by atoms with Gasteiger partial charge >= 0.3 is 0 Å². The fourth-order valence-electron chi connectivity index (χ4n) is 3.74. The van der Waals surface area contributed by atoms with Crippen molar-refractivity contribution in [1.82, 2.24) is 10.2 Å². The molecule has 0 aromatic heterocycles. The standard InChI is InChI=1S/C22H29BrN2O3/c1-26-18-8-6-7-16(11-18)20(25-9-4-5-10-25)15-24-14-17-12-21(27-2)22(28-3)13-19(17)23/h6-8,11-13,20,24H,4-5,9-10,14-15H2,1-3H3. The van der Waals surface area contributed by atoms with Gasteiger partial charge in [0, 0.05) is 23.6 Å². The summed E-state index contributed by atoms with van der Waals surface area (Å²) < 4.78 is 17.3. The van der Waals surface area contributed by atoms with E-state index in [9.17, 15) is 0 Å². The van der Waals surface area contributed by atoms with E-state index in [1.54, 1.807) is 21.3 Å². The lowest BCUT2D eigenvalue weighted by Gasteiger charge is -2.28. The van der Waals surface area contributed by atoms with Gasteiger partial charge in [-0.1, -0.05) is 28.1 Å². The second-order valence-electron chi connectivity index (χ2n) is 6.96. The smallest absolute Gasteiger partial charge is 0.161 e. The van der Waals surface area contributed by atoms with Gasteiger partial charge in [0.15, 0.2) is 11.5 Å². The highest BCUT2D eigenvalue weighted by molar-refractivity contribution is 9.10. The minimum atomic E-state index is 0.330. The predicted molar refractivity (Wildman–Crippen MR) is 115 cm³/mol. The minimum absolute atomic E-state index is 0.330. The van der Waals surface area contributed by atoms with Crippen LogP contribution in [-0.4, -0.2) is 45.9 Å². The average molecular weight is 449 g/mol. The van der Waals surface area contributed by atoms with Crippen LogP contribution in [0.2, 0.25) is 0 Å². The van der Waals surface area contributed by atoms with Crippen molar-refractivity contribution in [3.63, 3.8) is 0 Å². The third-order valence-electron chi connectivity index (χ3n) is 5.27. The van der Waals surface area contributed by atoms with Crippen molar-refractivity contribution in [2.24, 2.45) is 0 Å². The molecule has 1 unspecified atom stereocenters. The fraction of sp³-hybridized carbons (Fsp3) is 0.455. The zero-order chi connectivity index (χ0) is 19.9. The van der Waals surface area contributed by atoms with E-state index < -0.39 is 0 Å². The summed E-state index contributed by atoms with van der Waals surface area (Å²) in [7, 11) is 5.03. The van der Waals surface area contributed by atoms with Crippen LogP contribution in [0.5, 0.6) is 17.2 Å². The summed E-state index contributed by atoms with van der Waals surface area (Å²) >= 11 is 3.65. The Bertz CT molecular complexity index is 778. The lowest BCUT2D eigenvalue weighted by molar-refractivity contribution is 0.237. The van der Waals surface area contributed by atoms with Crippen molar-refractivity contribution in [2.75, 3.05) is 41.0 Å². The monoisotopic (exact) mass is 448 g/mol. The maximum atomic E-state index is 5.44. The zero-order valence-electron chi connectivity index (χ0n) is 16.8. The van der Waals surface area contributed by atoms with Gasteiger partial charge in [0.2, 0.25) is 0 Å². The Hall–Kier alpha value is -1.76. The predicted octanol–water partition coefficient (Wildman–Crippen LogP) is 4.40.